The average Bonchev–Trinajstić information content (AvgIpc) is 2.90. The van der Waals surface area contributed by atoms with E-state index in [0.717, 1.165) is 11.3 Å². The van der Waals surface area contributed by atoms with Crippen LogP contribution >= 0.6 is 11.6 Å². The normalized spacial score (nSPS) is 17.4. The van der Waals surface area contributed by atoms with E-state index in [0.29, 0.717) is 17.3 Å². The second-order valence-corrected chi connectivity index (χ2v) is 6.12. The zero-order chi connectivity index (χ0) is 16.4. The molecule has 3 rings (SSSR count). The van der Waals surface area contributed by atoms with Gasteiger partial charge in [-0.3, -0.25) is 9.59 Å². The zero-order valence-corrected chi connectivity index (χ0v) is 13.5. The molecule has 0 aliphatic carbocycles. The van der Waals surface area contributed by atoms with Gasteiger partial charge in [0.2, 0.25) is 11.8 Å². The Morgan fingerprint density at radius 1 is 1.22 bits per heavy atom. The number of carbonyl (C=O) groups is 2. The highest BCUT2D eigenvalue weighted by atomic mass is 35.5. The molecule has 2 amide bonds. The van der Waals surface area contributed by atoms with Crippen LogP contribution in [-0.4, -0.2) is 18.4 Å². The molecule has 2 aromatic rings. The Balaban J connectivity index is 1.72. The molecule has 0 saturated carbocycles. The molecule has 1 N–H and O–H groups in total. The van der Waals surface area contributed by atoms with Gasteiger partial charge in [0.25, 0.3) is 0 Å². The predicted octanol–water partition coefficient (Wildman–Crippen LogP) is 3.64. The molecular weight excluding hydrogens is 312 g/mol. The van der Waals surface area contributed by atoms with Gasteiger partial charge in [0.15, 0.2) is 0 Å². The summed E-state index contributed by atoms with van der Waals surface area (Å²) in [6, 6.07) is 14.8. The van der Waals surface area contributed by atoms with E-state index >= 15 is 0 Å². The van der Waals surface area contributed by atoms with Crippen molar-refractivity contribution in [2.75, 3.05) is 16.8 Å². The topological polar surface area (TPSA) is 49.4 Å². The van der Waals surface area contributed by atoms with E-state index < -0.39 is 0 Å². The molecule has 1 saturated heterocycles. The SMILES string of the molecule is Cc1cccc(NC(=O)[C@@H]2CC(=O)N(c3ccccc3Cl)C2)c1. The second-order valence-electron chi connectivity index (χ2n) is 5.72. The Bertz CT molecular complexity index is 760. The van der Waals surface area contributed by atoms with Crippen LogP contribution in [0.25, 0.3) is 0 Å². The predicted molar refractivity (Wildman–Crippen MR) is 91.7 cm³/mol. The number of halogens is 1. The maximum Gasteiger partial charge on any atom is 0.229 e. The number of nitrogens with zero attached hydrogens (tertiary/aromatic N) is 1. The Hall–Kier alpha value is -2.33. The Morgan fingerprint density at radius 2 is 2.00 bits per heavy atom. The Labute approximate surface area is 140 Å². The maximum absolute atomic E-state index is 12.4. The van der Waals surface area contributed by atoms with Crippen molar-refractivity contribution in [2.24, 2.45) is 5.92 Å². The first-order chi connectivity index (χ1) is 11.0. The van der Waals surface area contributed by atoms with Gasteiger partial charge in [-0.25, -0.2) is 0 Å². The second kappa shape index (κ2) is 6.42. The molecule has 5 heteroatoms. The molecule has 0 radical (unpaired) electrons. The van der Waals surface area contributed by atoms with Gasteiger partial charge in [0, 0.05) is 18.7 Å². The number of nitrogens with one attached hydrogen (secondary N) is 1. The molecule has 0 bridgehead atoms. The van der Waals surface area contributed by atoms with Gasteiger partial charge in [0.05, 0.1) is 16.6 Å². The van der Waals surface area contributed by atoms with Gasteiger partial charge in [-0.05, 0) is 36.8 Å². The molecule has 118 valence electrons. The van der Waals surface area contributed by atoms with E-state index in [9.17, 15) is 9.59 Å². The third kappa shape index (κ3) is 3.37. The van der Waals surface area contributed by atoms with Gasteiger partial charge >= 0.3 is 0 Å². The van der Waals surface area contributed by atoms with Crippen LogP contribution in [0.15, 0.2) is 48.5 Å². The number of carbonyl (C=O) groups excluding carboxylic acids is 2. The minimum Gasteiger partial charge on any atom is -0.326 e. The van der Waals surface area contributed by atoms with Gasteiger partial charge in [-0.15, -0.1) is 0 Å². The van der Waals surface area contributed by atoms with Crippen LogP contribution in [-0.2, 0) is 9.59 Å². The Morgan fingerprint density at radius 3 is 2.74 bits per heavy atom. The van der Waals surface area contributed by atoms with Gasteiger partial charge < -0.3 is 10.2 Å². The van der Waals surface area contributed by atoms with Gasteiger partial charge in [0.1, 0.15) is 0 Å². The van der Waals surface area contributed by atoms with E-state index in [1.807, 2.05) is 43.3 Å². The smallest absolute Gasteiger partial charge is 0.229 e. The minimum atomic E-state index is -0.376. The van der Waals surface area contributed by atoms with Crippen LogP contribution < -0.4 is 10.2 Å². The van der Waals surface area contributed by atoms with Crippen molar-refractivity contribution in [3.05, 3.63) is 59.1 Å². The van der Waals surface area contributed by atoms with Crippen LogP contribution in [0, 0.1) is 12.8 Å². The summed E-state index contributed by atoms with van der Waals surface area (Å²) in [5.74, 6) is -0.597. The standard InChI is InChI=1S/C18H17ClN2O2/c1-12-5-4-6-14(9-12)20-18(23)13-10-17(22)21(11-13)16-8-3-2-7-15(16)19/h2-9,13H,10-11H2,1H3,(H,20,23)/t13-/m1/s1. The van der Waals surface area contributed by atoms with Crippen molar-refractivity contribution >= 4 is 34.8 Å². The molecule has 1 aliphatic rings. The molecule has 1 heterocycles. The summed E-state index contributed by atoms with van der Waals surface area (Å²) in [5.41, 5.74) is 2.48. The quantitative estimate of drug-likeness (QED) is 0.935. The summed E-state index contributed by atoms with van der Waals surface area (Å²) >= 11 is 6.15. The number of anilines is 2. The highest BCUT2D eigenvalue weighted by Crippen LogP contribution is 2.31. The molecule has 4 nitrogen and oxygen atoms in total. The summed E-state index contributed by atoms with van der Waals surface area (Å²) < 4.78 is 0. The molecule has 0 unspecified atom stereocenters. The van der Waals surface area contributed by atoms with Crippen LogP contribution in [0.3, 0.4) is 0 Å². The first kappa shape index (κ1) is 15.6. The lowest BCUT2D eigenvalue weighted by molar-refractivity contribution is -0.122. The van der Waals surface area contributed by atoms with Crippen molar-refractivity contribution in [1.29, 1.82) is 0 Å². The lowest BCUT2D eigenvalue weighted by Gasteiger charge is -2.18. The fourth-order valence-corrected chi connectivity index (χ4v) is 2.99. The van der Waals surface area contributed by atoms with Crippen molar-refractivity contribution in [3.63, 3.8) is 0 Å². The van der Waals surface area contributed by atoms with Gasteiger partial charge in [-0.1, -0.05) is 35.9 Å². The highest BCUT2D eigenvalue weighted by Gasteiger charge is 2.35. The van der Waals surface area contributed by atoms with Crippen molar-refractivity contribution in [2.45, 2.75) is 13.3 Å². The van der Waals surface area contributed by atoms with E-state index in [2.05, 4.69) is 5.32 Å². The summed E-state index contributed by atoms with van der Waals surface area (Å²) in [5, 5.41) is 3.40. The lowest BCUT2D eigenvalue weighted by atomic mass is 10.1. The summed E-state index contributed by atoms with van der Waals surface area (Å²) in [4.78, 5) is 26.2. The number of hydrogen-bond acceptors (Lipinski definition) is 2. The van der Waals surface area contributed by atoms with Crippen LogP contribution in [0.4, 0.5) is 11.4 Å². The number of para-hydroxylation sites is 1. The van der Waals surface area contributed by atoms with Crippen molar-refractivity contribution in [3.8, 4) is 0 Å². The molecule has 0 spiro atoms. The van der Waals surface area contributed by atoms with Gasteiger partial charge in [-0.2, -0.15) is 0 Å². The van der Waals surface area contributed by atoms with Crippen molar-refractivity contribution < 1.29 is 9.59 Å². The third-order valence-electron chi connectivity index (χ3n) is 3.92. The minimum absolute atomic E-state index is 0.0810. The number of benzene rings is 2. The number of amides is 2. The van der Waals surface area contributed by atoms with Crippen LogP contribution in [0.5, 0.6) is 0 Å². The monoisotopic (exact) mass is 328 g/mol. The molecular formula is C18H17ClN2O2. The number of hydrogen-bond donors (Lipinski definition) is 1. The lowest BCUT2D eigenvalue weighted by Crippen LogP contribution is -2.28. The molecule has 0 aromatic heterocycles. The molecule has 1 fully saturated rings. The third-order valence-corrected chi connectivity index (χ3v) is 4.24. The molecule has 2 aromatic carbocycles. The Kier molecular flexibility index (Phi) is 4.35. The first-order valence-electron chi connectivity index (χ1n) is 7.47. The molecule has 23 heavy (non-hydrogen) atoms. The first-order valence-corrected chi connectivity index (χ1v) is 7.85. The largest absolute Gasteiger partial charge is 0.326 e. The molecule has 1 aliphatic heterocycles. The fraction of sp³-hybridized carbons (Fsp3) is 0.222. The zero-order valence-electron chi connectivity index (χ0n) is 12.8. The average molecular weight is 329 g/mol. The number of aryl methyl sites for hydroxylation is 1. The van der Waals surface area contributed by atoms with E-state index in [1.54, 1.807) is 17.0 Å². The number of rotatable bonds is 3. The highest BCUT2D eigenvalue weighted by molar-refractivity contribution is 6.33. The van der Waals surface area contributed by atoms with E-state index in [4.69, 9.17) is 11.6 Å². The van der Waals surface area contributed by atoms with Crippen LogP contribution in [0.1, 0.15) is 12.0 Å². The summed E-state index contributed by atoms with van der Waals surface area (Å²) in [6.45, 7) is 2.31. The van der Waals surface area contributed by atoms with E-state index in [1.165, 1.54) is 0 Å². The fourth-order valence-electron chi connectivity index (χ4n) is 2.75. The van der Waals surface area contributed by atoms with Crippen LogP contribution in [0.2, 0.25) is 5.02 Å². The molecule has 1 atom stereocenters. The van der Waals surface area contributed by atoms with Crippen molar-refractivity contribution in [1.82, 2.24) is 0 Å². The van der Waals surface area contributed by atoms with E-state index in [-0.39, 0.29) is 24.2 Å². The summed E-state index contributed by atoms with van der Waals surface area (Å²) in [6.07, 6.45) is 0.197. The maximum atomic E-state index is 12.4. The summed E-state index contributed by atoms with van der Waals surface area (Å²) in [7, 11) is 0.